The molecular formula is C24H21N3O3S. The van der Waals surface area contributed by atoms with Crippen molar-refractivity contribution in [3.05, 3.63) is 89.5 Å². The number of nitrogens with zero attached hydrogens (tertiary/aromatic N) is 1. The molecule has 0 bridgehead atoms. The number of thioether (sulfide) groups is 1. The first kappa shape index (κ1) is 20.7. The summed E-state index contributed by atoms with van der Waals surface area (Å²) in [6.45, 7) is 0. The number of para-hydroxylation sites is 1. The molecule has 0 saturated carbocycles. The van der Waals surface area contributed by atoms with Gasteiger partial charge in [-0.1, -0.05) is 48.5 Å². The van der Waals surface area contributed by atoms with Crippen LogP contribution >= 0.6 is 11.8 Å². The molecule has 6 nitrogen and oxygen atoms in total. The molecule has 31 heavy (non-hydrogen) atoms. The van der Waals surface area contributed by atoms with Gasteiger partial charge in [0.1, 0.15) is 5.75 Å². The van der Waals surface area contributed by atoms with Crippen LogP contribution in [0, 0.1) is 0 Å². The van der Waals surface area contributed by atoms with Crippen molar-refractivity contribution in [2.45, 2.75) is 11.1 Å². The van der Waals surface area contributed by atoms with E-state index in [4.69, 9.17) is 4.74 Å². The van der Waals surface area contributed by atoms with E-state index in [0.717, 1.165) is 16.0 Å². The van der Waals surface area contributed by atoms with Gasteiger partial charge >= 0.3 is 0 Å². The van der Waals surface area contributed by atoms with E-state index in [1.807, 2.05) is 66.9 Å². The molecule has 0 saturated heterocycles. The monoisotopic (exact) mass is 431 g/mol. The van der Waals surface area contributed by atoms with Gasteiger partial charge in [-0.2, -0.15) is 0 Å². The first-order valence-corrected chi connectivity index (χ1v) is 10.9. The molecule has 0 fully saturated rings. The van der Waals surface area contributed by atoms with E-state index in [2.05, 4.69) is 15.6 Å². The van der Waals surface area contributed by atoms with Crippen molar-refractivity contribution in [3.63, 3.8) is 0 Å². The fourth-order valence-electron chi connectivity index (χ4n) is 3.37. The number of fused-ring (bicyclic) bond motifs is 1. The van der Waals surface area contributed by atoms with Crippen LogP contribution in [0.2, 0.25) is 0 Å². The molecule has 1 atom stereocenters. The Labute approximate surface area is 184 Å². The maximum Gasteiger partial charge on any atom is 0.269 e. The van der Waals surface area contributed by atoms with E-state index in [1.54, 1.807) is 23.9 Å². The van der Waals surface area contributed by atoms with E-state index >= 15 is 0 Å². The molecule has 7 heteroatoms. The number of aliphatic imine (C=N–C) groups is 1. The maximum absolute atomic E-state index is 13.0. The van der Waals surface area contributed by atoms with E-state index in [9.17, 15) is 9.59 Å². The van der Waals surface area contributed by atoms with Crippen molar-refractivity contribution >= 4 is 35.0 Å². The molecule has 1 aliphatic rings. The molecule has 1 heterocycles. The van der Waals surface area contributed by atoms with Crippen molar-refractivity contribution in [2.24, 2.45) is 4.99 Å². The molecule has 0 aliphatic carbocycles. The molecule has 2 N–H and O–H groups in total. The quantitative estimate of drug-likeness (QED) is 0.600. The first-order chi connectivity index (χ1) is 15.1. The summed E-state index contributed by atoms with van der Waals surface area (Å²) in [5.74, 6) is -0.410. The highest BCUT2D eigenvalue weighted by atomic mass is 32.2. The average Bonchev–Trinajstić information content (AvgIpc) is 2.95. The minimum Gasteiger partial charge on any atom is -0.496 e. The fourth-order valence-corrected chi connectivity index (χ4v) is 3.80. The van der Waals surface area contributed by atoms with Gasteiger partial charge in [-0.3, -0.25) is 9.59 Å². The molecule has 3 aromatic rings. The van der Waals surface area contributed by atoms with Gasteiger partial charge in [0.05, 0.1) is 24.1 Å². The van der Waals surface area contributed by atoms with Crippen LogP contribution in [0.5, 0.6) is 5.75 Å². The van der Waals surface area contributed by atoms with Crippen molar-refractivity contribution in [1.82, 2.24) is 5.32 Å². The Balaban J connectivity index is 1.72. The summed E-state index contributed by atoms with van der Waals surface area (Å²) in [5.41, 5.74) is 3.26. The lowest BCUT2D eigenvalue weighted by molar-refractivity contribution is -0.117. The van der Waals surface area contributed by atoms with Crippen LogP contribution in [0.4, 0.5) is 5.69 Å². The number of ether oxygens (including phenoxy) is 1. The summed E-state index contributed by atoms with van der Waals surface area (Å²) in [6.07, 6.45) is 0.849. The number of rotatable bonds is 5. The summed E-state index contributed by atoms with van der Waals surface area (Å²) in [6, 6.07) is 22.4. The van der Waals surface area contributed by atoms with Crippen LogP contribution in [0.15, 0.2) is 82.7 Å². The number of carbonyl (C=O) groups is 2. The van der Waals surface area contributed by atoms with Crippen LogP contribution in [0.25, 0.3) is 0 Å². The smallest absolute Gasteiger partial charge is 0.269 e. The van der Waals surface area contributed by atoms with Gasteiger partial charge in [0.15, 0.2) is 0 Å². The molecule has 0 radical (unpaired) electrons. The number of benzodiazepines with no additional fused rings is 1. The number of hydrogen-bond donors (Lipinski definition) is 2. The molecule has 4 rings (SSSR count). The van der Waals surface area contributed by atoms with Gasteiger partial charge in [0.25, 0.3) is 11.8 Å². The molecule has 1 unspecified atom stereocenters. The average molecular weight is 432 g/mol. The zero-order valence-electron chi connectivity index (χ0n) is 17.1. The van der Waals surface area contributed by atoms with Crippen molar-refractivity contribution in [2.75, 3.05) is 18.7 Å². The zero-order valence-corrected chi connectivity index (χ0v) is 17.9. The second-order valence-corrected chi connectivity index (χ2v) is 7.70. The van der Waals surface area contributed by atoms with E-state index in [1.165, 1.54) is 7.11 Å². The molecule has 3 aromatic carbocycles. The molecule has 0 aromatic heterocycles. The predicted molar refractivity (Wildman–Crippen MR) is 123 cm³/mol. The highest BCUT2D eigenvalue weighted by Crippen LogP contribution is 2.26. The van der Waals surface area contributed by atoms with Crippen LogP contribution in [-0.4, -0.2) is 37.1 Å². The second kappa shape index (κ2) is 9.06. The summed E-state index contributed by atoms with van der Waals surface area (Å²) >= 11 is 1.55. The molecule has 156 valence electrons. The van der Waals surface area contributed by atoms with Gasteiger partial charge in [-0.15, -0.1) is 11.8 Å². The van der Waals surface area contributed by atoms with E-state index in [-0.39, 0.29) is 0 Å². The van der Waals surface area contributed by atoms with E-state index < -0.39 is 18.0 Å². The van der Waals surface area contributed by atoms with E-state index in [0.29, 0.717) is 22.7 Å². The zero-order chi connectivity index (χ0) is 21.8. The summed E-state index contributed by atoms with van der Waals surface area (Å²) < 4.78 is 5.38. The van der Waals surface area contributed by atoms with Crippen LogP contribution in [0.1, 0.15) is 21.5 Å². The second-order valence-electron chi connectivity index (χ2n) is 6.82. The van der Waals surface area contributed by atoms with Crippen LogP contribution in [0.3, 0.4) is 0 Å². The topological polar surface area (TPSA) is 79.8 Å². The highest BCUT2D eigenvalue weighted by molar-refractivity contribution is 7.98. The van der Waals surface area contributed by atoms with Crippen molar-refractivity contribution in [1.29, 1.82) is 0 Å². The Hall–Kier alpha value is -3.58. The first-order valence-electron chi connectivity index (χ1n) is 9.67. The third-order valence-corrected chi connectivity index (χ3v) is 5.64. The van der Waals surface area contributed by atoms with Crippen LogP contribution in [-0.2, 0) is 4.79 Å². The minimum absolute atomic E-state index is 0.339. The molecule has 0 spiro atoms. The third-order valence-electron chi connectivity index (χ3n) is 4.91. The fraction of sp³-hybridized carbons (Fsp3) is 0.125. The SMILES string of the molecule is COc1cc(SC)ccc1C(=O)NC1N=C(c2ccccc2)c2ccccc2NC1=O. The standard InChI is InChI=1S/C24H21N3O3S/c1-30-20-14-16(31-2)12-13-18(20)23(28)27-22-24(29)25-19-11-7-6-10-17(19)21(26-22)15-8-4-3-5-9-15/h3-14,22H,1-2H3,(H,25,29)(H,27,28). The molecule has 1 aliphatic heterocycles. The number of methoxy groups -OCH3 is 1. The predicted octanol–water partition coefficient (Wildman–Crippen LogP) is 3.96. The number of benzene rings is 3. The molecule has 2 amide bonds. The Bertz CT molecular complexity index is 1160. The number of amides is 2. The van der Waals surface area contributed by atoms with Gasteiger partial charge in [-0.05, 0) is 30.5 Å². The van der Waals surface area contributed by atoms with Gasteiger partial charge in [0.2, 0.25) is 6.17 Å². The largest absolute Gasteiger partial charge is 0.496 e. The maximum atomic E-state index is 13.0. The Morgan fingerprint density at radius 3 is 2.55 bits per heavy atom. The number of carbonyl (C=O) groups excluding carboxylic acids is 2. The lowest BCUT2D eigenvalue weighted by Crippen LogP contribution is -2.42. The van der Waals surface area contributed by atoms with Crippen molar-refractivity contribution < 1.29 is 14.3 Å². The Kier molecular flexibility index (Phi) is 6.04. The lowest BCUT2D eigenvalue weighted by atomic mass is 10.0. The number of nitrogens with one attached hydrogen (secondary N) is 2. The summed E-state index contributed by atoms with van der Waals surface area (Å²) in [4.78, 5) is 31.6. The number of anilines is 1. The van der Waals surface area contributed by atoms with Gasteiger partial charge < -0.3 is 15.4 Å². The van der Waals surface area contributed by atoms with Crippen molar-refractivity contribution in [3.8, 4) is 5.75 Å². The summed E-state index contributed by atoms with van der Waals surface area (Å²) in [5, 5.41) is 5.62. The Morgan fingerprint density at radius 1 is 1.06 bits per heavy atom. The Morgan fingerprint density at radius 2 is 1.81 bits per heavy atom. The van der Waals surface area contributed by atoms with Gasteiger partial charge in [0, 0.05) is 16.0 Å². The lowest BCUT2D eigenvalue weighted by Gasteiger charge is -2.15. The van der Waals surface area contributed by atoms with Crippen LogP contribution < -0.4 is 15.4 Å². The molecular weight excluding hydrogens is 410 g/mol. The third kappa shape index (κ3) is 4.32. The minimum atomic E-state index is -1.10. The summed E-state index contributed by atoms with van der Waals surface area (Å²) in [7, 11) is 1.51. The highest BCUT2D eigenvalue weighted by Gasteiger charge is 2.28. The normalized spacial score (nSPS) is 15.2. The van der Waals surface area contributed by atoms with Gasteiger partial charge in [-0.25, -0.2) is 4.99 Å². The number of hydrogen-bond acceptors (Lipinski definition) is 5.